The van der Waals surface area contributed by atoms with E-state index in [1.807, 2.05) is 0 Å². The van der Waals surface area contributed by atoms with E-state index >= 15 is 0 Å². The molecule has 0 aliphatic carbocycles. The van der Waals surface area contributed by atoms with Crippen LogP contribution in [0.4, 0.5) is 19.0 Å². The first kappa shape index (κ1) is 13.8. The molecule has 2 N–H and O–H groups in total. The third-order valence-electron chi connectivity index (χ3n) is 2.33. The Kier molecular flexibility index (Phi) is 4.34. The molecule has 0 saturated heterocycles. The van der Waals surface area contributed by atoms with Crippen LogP contribution >= 0.6 is 0 Å². The van der Waals surface area contributed by atoms with Crippen LogP contribution in [0.2, 0.25) is 0 Å². The van der Waals surface area contributed by atoms with E-state index in [2.05, 4.69) is 4.98 Å². The molecule has 0 unspecified atom stereocenters. The Hall–Kier alpha value is -1.30. The maximum Gasteiger partial charge on any atom is 0.405 e. The van der Waals surface area contributed by atoms with Crippen LogP contribution in [0.3, 0.4) is 0 Å². The molecular weight excluding hydrogens is 231 g/mol. The van der Waals surface area contributed by atoms with Crippen LogP contribution in [-0.4, -0.2) is 23.7 Å². The molecule has 1 heterocycles. The first-order valence-electron chi connectivity index (χ1n) is 5.32. The van der Waals surface area contributed by atoms with Crippen LogP contribution in [0.25, 0.3) is 0 Å². The number of nitrogens with zero attached hydrogens (tertiary/aromatic N) is 2. The van der Waals surface area contributed by atoms with Gasteiger partial charge in [0, 0.05) is 24.3 Å². The maximum absolute atomic E-state index is 12.5. The van der Waals surface area contributed by atoms with E-state index in [0.717, 1.165) is 0 Å². The summed E-state index contributed by atoms with van der Waals surface area (Å²) in [6.07, 6.45) is -2.78. The van der Waals surface area contributed by atoms with Crippen molar-refractivity contribution in [2.24, 2.45) is 5.73 Å². The smallest absolute Gasteiger partial charge is 0.345 e. The van der Waals surface area contributed by atoms with Crippen molar-refractivity contribution in [3.05, 3.63) is 23.9 Å². The molecule has 0 aliphatic heterocycles. The van der Waals surface area contributed by atoms with Crippen molar-refractivity contribution in [3.8, 4) is 0 Å². The zero-order valence-electron chi connectivity index (χ0n) is 9.83. The van der Waals surface area contributed by atoms with Gasteiger partial charge in [-0.05, 0) is 19.9 Å². The summed E-state index contributed by atoms with van der Waals surface area (Å²) in [6, 6.07) is 3.06. The van der Waals surface area contributed by atoms with Crippen molar-refractivity contribution in [2.75, 3.05) is 11.4 Å². The molecule has 0 fully saturated rings. The Morgan fingerprint density at radius 3 is 2.53 bits per heavy atom. The number of anilines is 1. The molecule has 0 radical (unpaired) electrons. The summed E-state index contributed by atoms with van der Waals surface area (Å²) >= 11 is 0. The highest BCUT2D eigenvalue weighted by Gasteiger charge is 2.33. The van der Waals surface area contributed by atoms with Crippen LogP contribution in [-0.2, 0) is 6.54 Å². The van der Waals surface area contributed by atoms with E-state index in [9.17, 15) is 13.2 Å². The van der Waals surface area contributed by atoms with Gasteiger partial charge < -0.3 is 10.6 Å². The normalized spacial score (nSPS) is 11.9. The van der Waals surface area contributed by atoms with Crippen LogP contribution < -0.4 is 10.6 Å². The molecule has 6 heteroatoms. The molecule has 1 aromatic heterocycles. The molecule has 0 aliphatic rings. The molecule has 0 spiro atoms. The van der Waals surface area contributed by atoms with E-state index in [1.54, 1.807) is 26.0 Å². The highest BCUT2D eigenvalue weighted by Crippen LogP contribution is 2.24. The number of hydrogen-bond donors (Lipinski definition) is 1. The van der Waals surface area contributed by atoms with E-state index in [1.165, 1.54) is 11.1 Å². The van der Waals surface area contributed by atoms with Gasteiger partial charge >= 0.3 is 6.18 Å². The second kappa shape index (κ2) is 5.35. The highest BCUT2D eigenvalue weighted by atomic mass is 19.4. The van der Waals surface area contributed by atoms with Gasteiger partial charge in [0.1, 0.15) is 12.4 Å². The molecule has 0 amide bonds. The van der Waals surface area contributed by atoms with Gasteiger partial charge in [0.25, 0.3) is 0 Å². The summed E-state index contributed by atoms with van der Waals surface area (Å²) in [5.41, 5.74) is 6.12. The molecule has 0 atom stereocenters. The molecule has 17 heavy (non-hydrogen) atoms. The van der Waals surface area contributed by atoms with Gasteiger partial charge in [-0.3, -0.25) is 0 Å². The Morgan fingerprint density at radius 2 is 2.06 bits per heavy atom. The second-order valence-corrected chi connectivity index (χ2v) is 4.03. The predicted molar refractivity (Wildman–Crippen MR) is 60.7 cm³/mol. The van der Waals surface area contributed by atoms with Gasteiger partial charge in [-0.1, -0.05) is 6.07 Å². The molecule has 96 valence electrons. The van der Waals surface area contributed by atoms with Crippen molar-refractivity contribution in [1.82, 2.24) is 4.98 Å². The molecule has 1 rings (SSSR count). The van der Waals surface area contributed by atoms with Crippen molar-refractivity contribution >= 4 is 5.82 Å². The summed E-state index contributed by atoms with van der Waals surface area (Å²) in [6.45, 7) is 2.54. The van der Waals surface area contributed by atoms with Gasteiger partial charge in [0.2, 0.25) is 0 Å². The summed E-state index contributed by atoms with van der Waals surface area (Å²) in [5, 5.41) is 0. The fourth-order valence-corrected chi connectivity index (χ4v) is 1.54. The molecule has 1 aromatic rings. The number of alkyl halides is 3. The van der Waals surface area contributed by atoms with Gasteiger partial charge in [-0.25, -0.2) is 4.98 Å². The average molecular weight is 247 g/mol. The Labute approximate surface area is 98.4 Å². The van der Waals surface area contributed by atoms with E-state index in [0.29, 0.717) is 11.4 Å². The topological polar surface area (TPSA) is 42.2 Å². The van der Waals surface area contributed by atoms with Crippen molar-refractivity contribution in [2.45, 2.75) is 32.6 Å². The van der Waals surface area contributed by atoms with Crippen LogP contribution in [0, 0.1) is 0 Å². The molecule has 3 nitrogen and oxygen atoms in total. The predicted octanol–water partition coefficient (Wildman–Crippen LogP) is 2.32. The highest BCUT2D eigenvalue weighted by molar-refractivity contribution is 5.47. The summed E-state index contributed by atoms with van der Waals surface area (Å²) in [4.78, 5) is 5.21. The van der Waals surface area contributed by atoms with E-state index in [4.69, 9.17) is 5.73 Å². The molecular formula is C11H16F3N3. The third-order valence-corrected chi connectivity index (χ3v) is 2.33. The number of nitrogens with two attached hydrogens (primary N) is 1. The lowest BCUT2D eigenvalue weighted by atomic mass is 10.2. The zero-order chi connectivity index (χ0) is 13.1. The Morgan fingerprint density at radius 1 is 1.41 bits per heavy atom. The minimum absolute atomic E-state index is 0.171. The summed E-state index contributed by atoms with van der Waals surface area (Å²) < 4.78 is 37.5. The molecule has 0 bridgehead atoms. The van der Waals surface area contributed by atoms with E-state index in [-0.39, 0.29) is 12.6 Å². The number of aromatic nitrogens is 1. The standard InChI is InChI=1S/C11H16F3N3/c1-8(2)17(7-11(12,13)14)10-9(6-15)4-3-5-16-10/h3-5,8H,6-7,15H2,1-2H3. The molecule has 0 saturated carbocycles. The number of pyridine rings is 1. The van der Waals surface area contributed by atoms with Gasteiger partial charge in [-0.2, -0.15) is 13.2 Å². The lowest BCUT2D eigenvalue weighted by molar-refractivity contribution is -0.120. The monoisotopic (exact) mass is 247 g/mol. The van der Waals surface area contributed by atoms with Gasteiger partial charge in [0.05, 0.1) is 0 Å². The van der Waals surface area contributed by atoms with Gasteiger partial charge in [-0.15, -0.1) is 0 Å². The number of halogens is 3. The first-order valence-corrected chi connectivity index (χ1v) is 5.32. The van der Waals surface area contributed by atoms with Crippen LogP contribution in [0.5, 0.6) is 0 Å². The van der Waals surface area contributed by atoms with Crippen molar-refractivity contribution in [1.29, 1.82) is 0 Å². The lowest BCUT2D eigenvalue weighted by Crippen LogP contribution is -2.40. The average Bonchev–Trinajstić information content (AvgIpc) is 2.24. The first-order chi connectivity index (χ1) is 7.85. The third kappa shape index (κ3) is 3.89. The second-order valence-electron chi connectivity index (χ2n) is 4.03. The zero-order valence-corrected chi connectivity index (χ0v) is 9.83. The van der Waals surface area contributed by atoms with Crippen molar-refractivity contribution in [3.63, 3.8) is 0 Å². The maximum atomic E-state index is 12.5. The van der Waals surface area contributed by atoms with Crippen LogP contribution in [0.1, 0.15) is 19.4 Å². The van der Waals surface area contributed by atoms with E-state index < -0.39 is 12.7 Å². The quantitative estimate of drug-likeness (QED) is 0.887. The fourth-order valence-electron chi connectivity index (χ4n) is 1.54. The number of hydrogen-bond acceptors (Lipinski definition) is 3. The number of rotatable bonds is 4. The van der Waals surface area contributed by atoms with Gasteiger partial charge in [0.15, 0.2) is 0 Å². The summed E-state index contributed by atoms with van der Waals surface area (Å²) in [5.74, 6) is 0.308. The SMILES string of the molecule is CC(C)N(CC(F)(F)F)c1ncccc1CN. The minimum Gasteiger partial charge on any atom is -0.345 e. The molecule has 0 aromatic carbocycles. The largest absolute Gasteiger partial charge is 0.405 e. The Balaban J connectivity index is 3.05. The van der Waals surface area contributed by atoms with Crippen LogP contribution in [0.15, 0.2) is 18.3 Å². The Bertz CT molecular complexity index is 363. The summed E-state index contributed by atoms with van der Waals surface area (Å²) in [7, 11) is 0. The fraction of sp³-hybridized carbons (Fsp3) is 0.545. The lowest BCUT2D eigenvalue weighted by Gasteiger charge is -2.30. The minimum atomic E-state index is -4.26. The van der Waals surface area contributed by atoms with Crippen molar-refractivity contribution < 1.29 is 13.2 Å².